The summed E-state index contributed by atoms with van der Waals surface area (Å²) in [6, 6.07) is 0.306. The number of likely N-dealkylation sites (tertiary alicyclic amines) is 1. The number of piperidine rings is 1. The van der Waals surface area contributed by atoms with Gasteiger partial charge in [0.05, 0.1) is 12.1 Å². The lowest BCUT2D eigenvalue weighted by molar-refractivity contribution is -0.121. The highest BCUT2D eigenvalue weighted by molar-refractivity contribution is 7.16. The maximum Gasteiger partial charge on any atom is 0.226 e. The number of thiazole rings is 1. The van der Waals surface area contributed by atoms with Gasteiger partial charge >= 0.3 is 0 Å². The number of amides is 1. The Labute approximate surface area is 140 Å². The quantitative estimate of drug-likeness (QED) is 0.913. The summed E-state index contributed by atoms with van der Waals surface area (Å²) < 4.78 is 2.01. The first-order chi connectivity index (χ1) is 11.2. The Kier molecular flexibility index (Phi) is 4.11. The summed E-state index contributed by atoms with van der Waals surface area (Å²) in [5, 5.41) is 3.21. The van der Waals surface area contributed by atoms with Gasteiger partial charge in [0.1, 0.15) is 0 Å². The number of fused-ring (bicyclic) bond motifs is 1. The van der Waals surface area contributed by atoms with Crippen LogP contribution in [0, 0.1) is 12.8 Å². The molecule has 2 aromatic heterocycles. The minimum absolute atomic E-state index is 0.103. The second-order valence-corrected chi connectivity index (χ2v) is 8.26. The molecule has 2 fully saturated rings. The molecule has 0 spiro atoms. The molecule has 23 heavy (non-hydrogen) atoms. The molecule has 1 aliphatic heterocycles. The predicted molar refractivity (Wildman–Crippen MR) is 91.8 cm³/mol. The van der Waals surface area contributed by atoms with Gasteiger partial charge in [-0.05, 0) is 45.1 Å². The van der Waals surface area contributed by atoms with E-state index in [1.165, 1.54) is 37.2 Å². The third-order valence-electron chi connectivity index (χ3n) is 4.75. The first-order valence-electron chi connectivity index (χ1n) is 8.61. The molecular weight excluding hydrogens is 308 g/mol. The van der Waals surface area contributed by atoms with Crippen LogP contribution in [0.2, 0.25) is 0 Å². The van der Waals surface area contributed by atoms with Crippen molar-refractivity contribution in [3.63, 3.8) is 0 Å². The Bertz CT molecular complexity index is 671. The number of carbonyl (C=O) groups excluding carboxylic acids is 1. The highest BCUT2D eigenvalue weighted by Crippen LogP contribution is 2.30. The average molecular weight is 332 g/mol. The second kappa shape index (κ2) is 6.24. The van der Waals surface area contributed by atoms with E-state index in [1.54, 1.807) is 11.3 Å². The van der Waals surface area contributed by atoms with E-state index in [0.717, 1.165) is 29.5 Å². The third-order valence-corrected chi connectivity index (χ3v) is 5.66. The van der Waals surface area contributed by atoms with E-state index < -0.39 is 0 Å². The normalized spacial score (nSPS) is 22.6. The fourth-order valence-electron chi connectivity index (χ4n) is 3.49. The fourth-order valence-corrected chi connectivity index (χ4v) is 4.32. The fraction of sp³-hybridized carbons (Fsp3) is 0.647. The van der Waals surface area contributed by atoms with Crippen LogP contribution in [0.1, 0.15) is 36.3 Å². The van der Waals surface area contributed by atoms with Crippen LogP contribution in [-0.4, -0.2) is 45.9 Å². The number of carbonyl (C=O) groups is 1. The Hall–Kier alpha value is -1.40. The van der Waals surface area contributed by atoms with E-state index in [-0.39, 0.29) is 5.91 Å². The van der Waals surface area contributed by atoms with Crippen LogP contribution in [-0.2, 0) is 11.2 Å². The first kappa shape index (κ1) is 15.1. The van der Waals surface area contributed by atoms with Crippen LogP contribution >= 0.6 is 11.3 Å². The van der Waals surface area contributed by atoms with Gasteiger partial charge in [-0.25, -0.2) is 4.98 Å². The molecule has 6 heteroatoms. The minimum atomic E-state index is 0.103. The average Bonchev–Trinajstić information content (AvgIpc) is 3.12. The Morgan fingerprint density at radius 2 is 2.26 bits per heavy atom. The molecule has 1 unspecified atom stereocenters. The number of nitrogens with zero attached hydrogens (tertiary/aromatic N) is 3. The van der Waals surface area contributed by atoms with Gasteiger partial charge in [-0.1, -0.05) is 0 Å². The highest BCUT2D eigenvalue weighted by Gasteiger charge is 2.28. The molecule has 1 atom stereocenters. The van der Waals surface area contributed by atoms with Crippen molar-refractivity contribution in [2.75, 3.05) is 19.6 Å². The Balaban J connectivity index is 1.30. The zero-order valence-corrected chi connectivity index (χ0v) is 14.4. The lowest BCUT2D eigenvalue weighted by Gasteiger charge is -2.33. The SMILES string of the molecule is Cc1cn2cc(CC(=O)NC3CCCN(CC4CC4)C3)nc2s1. The van der Waals surface area contributed by atoms with Crippen molar-refractivity contribution >= 4 is 22.2 Å². The zero-order chi connectivity index (χ0) is 15.8. The number of nitrogens with one attached hydrogen (secondary N) is 1. The summed E-state index contributed by atoms with van der Waals surface area (Å²) in [5.74, 6) is 1.03. The second-order valence-electron chi connectivity index (χ2n) is 7.05. The molecule has 1 N–H and O–H groups in total. The summed E-state index contributed by atoms with van der Waals surface area (Å²) in [7, 11) is 0. The van der Waals surface area contributed by atoms with E-state index in [2.05, 4.69) is 28.3 Å². The maximum absolute atomic E-state index is 12.3. The van der Waals surface area contributed by atoms with Crippen LogP contribution in [0.5, 0.6) is 0 Å². The molecule has 5 nitrogen and oxygen atoms in total. The Morgan fingerprint density at radius 3 is 3.04 bits per heavy atom. The number of hydrogen-bond acceptors (Lipinski definition) is 4. The lowest BCUT2D eigenvalue weighted by Crippen LogP contribution is -2.48. The molecule has 1 saturated heterocycles. The molecule has 2 aromatic rings. The lowest BCUT2D eigenvalue weighted by atomic mass is 10.0. The number of rotatable bonds is 5. The van der Waals surface area contributed by atoms with E-state index >= 15 is 0 Å². The topological polar surface area (TPSA) is 49.6 Å². The van der Waals surface area contributed by atoms with E-state index in [4.69, 9.17) is 0 Å². The monoisotopic (exact) mass is 332 g/mol. The summed E-state index contributed by atoms with van der Waals surface area (Å²) >= 11 is 1.66. The molecule has 3 heterocycles. The number of aryl methyl sites for hydroxylation is 1. The minimum Gasteiger partial charge on any atom is -0.352 e. The highest BCUT2D eigenvalue weighted by atomic mass is 32.1. The maximum atomic E-state index is 12.3. The largest absolute Gasteiger partial charge is 0.352 e. The third kappa shape index (κ3) is 3.75. The molecule has 1 amide bonds. The molecule has 0 aromatic carbocycles. The zero-order valence-electron chi connectivity index (χ0n) is 13.6. The van der Waals surface area contributed by atoms with Crippen molar-refractivity contribution in [2.24, 2.45) is 5.92 Å². The van der Waals surface area contributed by atoms with Crippen molar-refractivity contribution in [2.45, 2.75) is 45.1 Å². The van der Waals surface area contributed by atoms with E-state index in [9.17, 15) is 4.79 Å². The predicted octanol–water partition coefficient (Wildman–Crippen LogP) is 2.24. The van der Waals surface area contributed by atoms with Crippen LogP contribution in [0.4, 0.5) is 0 Å². The van der Waals surface area contributed by atoms with Crippen molar-refractivity contribution in [3.8, 4) is 0 Å². The molecule has 0 bridgehead atoms. The van der Waals surface area contributed by atoms with Crippen LogP contribution in [0.3, 0.4) is 0 Å². The molecule has 0 radical (unpaired) electrons. The summed E-state index contributed by atoms with van der Waals surface area (Å²) in [5.41, 5.74) is 0.861. The van der Waals surface area contributed by atoms with Gasteiger partial charge in [0.25, 0.3) is 0 Å². The van der Waals surface area contributed by atoms with Crippen molar-refractivity contribution in [1.29, 1.82) is 0 Å². The van der Waals surface area contributed by atoms with Gasteiger partial charge in [0.15, 0.2) is 4.96 Å². The first-order valence-corrected chi connectivity index (χ1v) is 9.43. The van der Waals surface area contributed by atoms with Crippen molar-refractivity contribution in [1.82, 2.24) is 19.6 Å². The van der Waals surface area contributed by atoms with Crippen LogP contribution in [0.15, 0.2) is 12.4 Å². The van der Waals surface area contributed by atoms with Crippen molar-refractivity contribution < 1.29 is 4.79 Å². The van der Waals surface area contributed by atoms with Gasteiger partial charge in [0.2, 0.25) is 5.91 Å². The molecular formula is C17H24N4OS. The molecule has 1 aliphatic carbocycles. The van der Waals surface area contributed by atoms with Gasteiger partial charge in [-0.2, -0.15) is 0 Å². The standard InChI is InChI=1S/C17H24N4OS/c1-12-8-21-11-15(19-17(21)23-12)7-16(22)18-14-3-2-6-20(10-14)9-13-4-5-13/h8,11,13-14H,2-7,9-10H2,1H3,(H,18,22). The van der Waals surface area contributed by atoms with Crippen molar-refractivity contribution in [3.05, 3.63) is 23.0 Å². The molecule has 4 rings (SSSR count). The van der Waals surface area contributed by atoms with Gasteiger partial charge < -0.3 is 10.2 Å². The van der Waals surface area contributed by atoms with Gasteiger partial charge in [-0.15, -0.1) is 11.3 Å². The Morgan fingerprint density at radius 1 is 1.39 bits per heavy atom. The summed E-state index contributed by atoms with van der Waals surface area (Å²) in [6.07, 6.45) is 9.49. The van der Waals surface area contributed by atoms with Gasteiger partial charge in [0, 0.05) is 36.4 Å². The van der Waals surface area contributed by atoms with E-state index in [1.807, 2.05) is 10.6 Å². The number of aromatic nitrogens is 2. The van der Waals surface area contributed by atoms with Gasteiger partial charge in [-0.3, -0.25) is 9.20 Å². The number of hydrogen-bond donors (Lipinski definition) is 1. The summed E-state index contributed by atoms with van der Waals surface area (Å²) in [6.45, 7) is 5.50. The molecule has 1 saturated carbocycles. The van der Waals surface area contributed by atoms with Crippen LogP contribution < -0.4 is 5.32 Å². The number of imidazole rings is 1. The smallest absolute Gasteiger partial charge is 0.226 e. The summed E-state index contributed by atoms with van der Waals surface area (Å²) in [4.78, 5) is 21.6. The molecule has 124 valence electrons. The molecule has 2 aliphatic rings. The van der Waals surface area contributed by atoms with E-state index in [0.29, 0.717) is 12.5 Å². The van der Waals surface area contributed by atoms with Crippen LogP contribution in [0.25, 0.3) is 4.96 Å².